The number of nitrogens with zero attached hydrogens (tertiary/aromatic N) is 2. The van der Waals surface area contributed by atoms with E-state index < -0.39 is 0 Å². The van der Waals surface area contributed by atoms with Crippen molar-refractivity contribution >= 4 is 5.91 Å². The van der Waals surface area contributed by atoms with E-state index in [0.29, 0.717) is 24.4 Å². The van der Waals surface area contributed by atoms with Crippen molar-refractivity contribution in [1.82, 2.24) is 15.1 Å². The summed E-state index contributed by atoms with van der Waals surface area (Å²) in [6.07, 6.45) is 6.22. The molecule has 0 aromatic heterocycles. The van der Waals surface area contributed by atoms with Gasteiger partial charge >= 0.3 is 0 Å². The van der Waals surface area contributed by atoms with Crippen LogP contribution in [0, 0.1) is 11.7 Å². The first-order valence-corrected chi connectivity index (χ1v) is 10.1. The highest BCUT2D eigenvalue weighted by Crippen LogP contribution is 2.26. The van der Waals surface area contributed by atoms with Crippen LogP contribution < -0.4 is 5.32 Å². The Labute approximate surface area is 156 Å². The second-order valence-corrected chi connectivity index (χ2v) is 7.87. The fourth-order valence-corrected chi connectivity index (χ4v) is 4.22. The van der Waals surface area contributed by atoms with Crippen LogP contribution >= 0.6 is 0 Å². The summed E-state index contributed by atoms with van der Waals surface area (Å²) in [6.45, 7) is 4.72. The quantitative estimate of drug-likeness (QED) is 0.810. The van der Waals surface area contributed by atoms with Crippen molar-refractivity contribution in [3.05, 3.63) is 35.6 Å². The van der Waals surface area contributed by atoms with E-state index in [2.05, 4.69) is 22.2 Å². The minimum atomic E-state index is -0.176. The predicted molar refractivity (Wildman–Crippen MR) is 102 cm³/mol. The fraction of sp³-hybridized carbons (Fsp3) is 0.667. The van der Waals surface area contributed by atoms with Crippen LogP contribution in [0.3, 0.4) is 0 Å². The van der Waals surface area contributed by atoms with Crippen LogP contribution in [0.5, 0.6) is 0 Å². The molecule has 0 radical (unpaired) electrons. The zero-order chi connectivity index (χ0) is 18.4. The Morgan fingerprint density at radius 1 is 1.19 bits per heavy atom. The largest absolute Gasteiger partial charge is 0.354 e. The number of nitrogens with one attached hydrogen (secondary N) is 1. The van der Waals surface area contributed by atoms with Crippen LogP contribution in [0.1, 0.15) is 50.1 Å². The third-order valence-corrected chi connectivity index (χ3v) is 5.96. The lowest BCUT2D eigenvalue weighted by Gasteiger charge is -2.29. The zero-order valence-corrected chi connectivity index (χ0v) is 15.9. The van der Waals surface area contributed by atoms with E-state index in [9.17, 15) is 9.18 Å². The van der Waals surface area contributed by atoms with Crippen molar-refractivity contribution in [2.45, 2.75) is 44.6 Å². The smallest absolute Gasteiger partial charge is 0.220 e. The Balaban J connectivity index is 1.51. The summed E-state index contributed by atoms with van der Waals surface area (Å²) >= 11 is 0. The maximum Gasteiger partial charge on any atom is 0.220 e. The molecule has 2 fully saturated rings. The SMILES string of the molecule is CN1CCC(CCC(=O)NCC(c2ccccc2F)N2CCCC2)CC1. The lowest BCUT2D eigenvalue weighted by atomic mass is 9.92. The van der Waals surface area contributed by atoms with E-state index in [4.69, 9.17) is 0 Å². The zero-order valence-electron chi connectivity index (χ0n) is 15.9. The predicted octanol–water partition coefficient (Wildman–Crippen LogP) is 3.20. The molecule has 1 aromatic rings. The van der Waals surface area contributed by atoms with Gasteiger partial charge in [-0.05, 0) is 77.3 Å². The molecule has 5 heteroatoms. The van der Waals surface area contributed by atoms with Crippen molar-refractivity contribution in [2.75, 3.05) is 39.8 Å². The minimum absolute atomic E-state index is 0.0639. The van der Waals surface area contributed by atoms with Gasteiger partial charge in [0.05, 0.1) is 6.04 Å². The lowest BCUT2D eigenvalue weighted by Crippen LogP contribution is -2.37. The molecule has 1 aromatic carbocycles. The first-order valence-electron chi connectivity index (χ1n) is 10.1. The molecule has 1 atom stereocenters. The van der Waals surface area contributed by atoms with Crippen LogP contribution in [0.2, 0.25) is 0 Å². The molecule has 4 nitrogen and oxygen atoms in total. The molecule has 0 saturated carbocycles. The summed E-state index contributed by atoms with van der Waals surface area (Å²) in [7, 11) is 2.16. The molecule has 2 aliphatic rings. The average molecular weight is 362 g/mol. The molecule has 2 saturated heterocycles. The van der Waals surface area contributed by atoms with Crippen LogP contribution in [0.4, 0.5) is 4.39 Å². The van der Waals surface area contributed by atoms with Gasteiger partial charge in [0.15, 0.2) is 0 Å². The summed E-state index contributed by atoms with van der Waals surface area (Å²) in [5.41, 5.74) is 0.699. The van der Waals surface area contributed by atoms with Crippen molar-refractivity contribution in [2.24, 2.45) is 5.92 Å². The number of carbonyl (C=O) groups excluding carboxylic acids is 1. The van der Waals surface area contributed by atoms with Gasteiger partial charge in [-0.1, -0.05) is 18.2 Å². The summed E-state index contributed by atoms with van der Waals surface area (Å²) in [6, 6.07) is 6.90. The maximum atomic E-state index is 14.3. The van der Waals surface area contributed by atoms with E-state index in [-0.39, 0.29) is 17.8 Å². The van der Waals surface area contributed by atoms with Crippen molar-refractivity contribution in [3.63, 3.8) is 0 Å². The Hall–Kier alpha value is -1.46. The molecule has 0 aliphatic carbocycles. The van der Waals surface area contributed by atoms with Crippen molar-refractivity contribution in [1.29, 1.82) is 0 Å². The van der Waals surface area contributed by atoms with Gasteiger partial charge in [-0.25, -0.2) is 4.39 Å². The van der Waals surface area contributed by atoms with E-state index in [1.807, 2.05) is 12.1 Å². The number of hydrogen-bond donors (Lipinski definition) is 1. The number of halogens is 1. The normalized spacial score (nSPS) is 21.0. The topological polar surface area (TPSA) is 35.6 Å². The highest BCUT2D eigenvalue weighted by molar-refractivity contribution is 5.75. The highest BCUT2D eigenvalue weighted by Gasteiger charge is 2.26. The number of piperidine rings is 1. The van der Waals surface area contributed by atoms with E-state index in [1.165, 1.54) is 18.9 Å². The second kappa shape index (κ2) is 9.47. The van der Waals surface area contributed by atoms with Gasteiger partial charge < -0.3 is 10.2 Å². The van der Waals surface area contributed by atoms with Gasteiger partial charge in [0, 0.05) is 18.5 Å². The molecule has 1 unspecified atom stereocenters. The van der Waals surface area contributed by atoms with Gasteiger partial charge in [-0.15, -0.1) is 0 Å². The van der Waals surface area contributed by atoms with Gasteiger partial charge in [0.2, 0.25) is 5.91 Å². The van der Waals surface area contributed by atoms with Crippen LogP contribution in [-0.4, -0.2) is 55.5 Å². The van der Waals surface area contributed by atoms with Gasteiger partial charge in [0.25, 0.3) is 0 Å². The molecule has 144 valence electrons. The Morgan fingerprint density at radius 3 is 2.58 bits per heavy atom. The number of hydrogen-bond acceptors (Lipinski definition) is 3. The molecule has 0 spiro atoms. The first kappa shape index (κ1) is 19.3. The number of likely N-dealkylation sites (tertiary alicyclic amines) is 2. The maximum absolute atomic E-state index is 14.3. The molecule has 1 amide bonds. The summed E-state index contributed by atoms with van der Waals surface area (Å²) in [5, 5.41) is 3.08. The summed E-state index contributed by atoms with van der Waals surface area (Å²) < 4.78 is 14.3. The van der Waals surface area contributed by atoms with Crippen molar-refractivity contribution < 1.29 is 9.18 Å². The Bertz CT molecular complexity index is 580. The number of amides is 1. The number of carbonyl (C=O) groups is 1. The van der Waals surface area contributed by atoms with Crippen LogP contribution in [0.15, 0.2) is 24.3 Å². The second-order valence-electron chi connectivity index (χ2n) is 7.87. The van der Waals surface area contributed by atoms with Gasteiger partial charge in [-0.2, -0.15) is 0 Å². The fourth-order valence-electron chi connectivity index (χ4n) is 4.22. The monoisotopic (exact) mass is 361 g/mol. The molecule has 3 rings (SSSR count). The molecule has 26 heavy (non-hydrogen) atoms. The minimum Gasteiger partial charge on any atom is -0.354 e. The molecular formula is C21H32FN3O. The van der Waals surface area contributed by atoms with Gasteiger partial charge in [-0.3, -0.25) is 9.69 Å². The molecule has 1 N–H and O–H groups in total. The summed E-state index contributed by atoms with van der Waals surface area (Å²) in [5.74, 6) is 0.590. The third kappa shape index (κ3) is 5.27. The highest BCUT2D eigenvalue weighted by atomic mass is 19.1. The Kier molecular flexibility index (Phi) is 7.03. The first-order chi connectivity index (χ1) is 12.6. The van der Waals surface area contributed by atoms with Gasteiger partial charge in [0.1, 0.15) is 5.82 Å². The lowest BCUT2D eigenvalue weighted by molar-refractivity contribution is -0.121. The van der Waals surface area contributed by atoms with E-state index in [0.717, 1.165) is 45.4 Å². The molecular weight excluding hydrogens is 329 g/mol. The third-order valence-electron chi connectivity index (χ3n) is 5.96. The molecule has 2 heterocycles. The van der Waals surface area contributed by atoms with Crippen LogP contribution in [0.25, 0.3) is 0 Å². The van der Waals surface area contributed by atoms with E-state index >= 15 is 0 Å². The standard InChI is InChI=1S/C21H32FN3O/c1-24-14-10-17(11-15-24)8-9-21(26)23-16-20(25-12-4-5-13-25)18-6-2-3-7-19(18)22/h2-3,6-7,17,20H,4-5,8-16H2,1H3,(H,23,26). The summed E-state index contributed by atoms with van der Waals surface area (Å²) in [4.78, 5) is 17.0. The molecule has 2 aliphatic heterocycles. The Morgan fingerprint density at radius 2 is 1.88 bits per heavy atom. The van der Waals surface area contributed by atoms with Crippen molar-refractivity contribution in [3.8, 4) is 0 Å². The number of rotatable bonds is 7. The number of benzene rings is 1. The van der Waals surface area contributed by atoms with Crippen LogP contribution in [-0.2, 0) is 4.79 Å². The molecule has 0 bridgehead atoms. The average Bonchev–Trinajstić information content (AvgIpc) is 3.17. The van der Waals surface area contributed by atoms with E-state index in [1.54, 1.807) is 6.07 Å².